The SMILES string of the molecule is CNC(c1cc(F)ccc1Cl)c1cc(Cl)sc1Cl. The van der Waals surface area contributed by atoms with Gasteiger partial charge in [0.1, 0.15) is 5.82 Å². The van der Waals surface area contributed by atoms with Gasteiger partial charge in [0, 0.05) is 10.6 Å². The Bertz CT molecular complexity index is 570. The topological polar surface area (TPSA) is 12.0 Å². The Morgan fingerprint density at radius 3 is 2.44 bits per heavy atom. The molecule has 0 radical (unpaired) electrons. The molecule has 1 unspecified atom stereocenters. The minimum Gasteiger partial charge on any atom is -0.309 e. The molecule has 0 aliphatic heterocycles. The smallest absolute Gasteiger partial charge is 0.123 e. The van der Waals surface area contributed by atoms with E-state index in [1.807, 2.05) is 0 Å². The van der Waals surface area contributed by atoms with Crippen LogP contribution in [0.25, 0.3) is 0 Å². The number of nitrogens with one attached hydrogen (secondary N) is 1. The highest BCUT2D eigenvalue weighted by molar-refractivity contribution is 7.20. The summed E-state index contributed by atoms with van der Waals surface area (Å²) in [6.07, 6.45) is 0. The molecular weight excluding hydrogens is 316 g/mol. The first kappa shape index (κ1) is 14.1. The Morgan fingerprint density at radius 2 is 1.89 bits per heavy atom. The van der Waals surface area contributed by atoms with E-state index in [1.165, 1.54) is 29.5 Å². The molecule has 1 nitrogen and oxygen atoms in total. The summed E-state index contributed by atoms with van der Waals surface area (Å²) in [6.45, 7) is 0. The Labute approximate surface area is 123 Å². The monoisotopic (exact) mass is 323 g/mol. The third-order valence-corrected chi connectivity index (χ3v) is 4.41. The second kappa shape index (κ2) is 5.76. The lowest BCUT2D eigenvalue weighted by molar-refractivity contribution is 0.617. The van der Waals surface area contributed by atoms with E-state index in [0.717, 1.165) is 5.56 Å². The van der Waals surface area contributed by atoms with Crippen molar-refractivity contribution in [3.05, 3.63) is 54.9 Å². The average molecular weight is 325 g/mol. The van der Waals surface area contributed by atoms with Crippen LogP contribution >= 0.6 is 46.1 Å². The normalized spacial score (nSPS) is 12.7. The van der Waals surface area contributed by atoms with E-state index in [1.54, 1.807) is 13.1 Å². The van der Waals surface area contributed by atoms with Crippen molar-refractivity contribution in [3.8, 4) is 0 Å². The van der Waals surface area contributed by atoms with E-state index in [-0.39, 0.29) is 11.9 Å². The van der Waals surface area contributed by atoms with Crippen LogP contribution in [0.3, 0.4) is 0 Å². The van der Waals surface area contributed by atoms with Crippen LogP contribution in [0.2, 0.25) is 13.7 Å². The van der Waals surface area contributed by atoms with E-state index >= 15 is 0 Å². The molecule has 2 aromatic rings. The van der Waals surface area contributed by atoms with Crippen LogP contribution in [0.4, 0.5) is 4.39 Å². The highest BCUT2D eigenvalue weighted by atomic mass is 35.5. The van der Waals surface area contributed by atoms with Crippen molar-refractivity contribution in [2.24, 2.45) is 0 Å². The van der Waals surface area contributed by atoms with E-state index in [2.05, 4.69) is 5.32 Å². The Hall–Kier alpha value is -0.320. The van der Waals surface area contributed by atoms with Gasteiger partial charge in [0.15, 0.2) is 0 Å². The number of rotatable bonds is 3. The first-order valence-corrected chi connectivity index (χ1v) is 7.05. The Balaban J connectivity index is 2.51. The molecule has 6 heteroatoms. The summed E-state index contributed by atoms with van der Waals surface area (Å²) in [5.41, 5.74) is 1.43. The molecule has 1 atom stereocenters. The molecule has 0 spiro atoms. The van der Waals surface area contributed by atoms with Gasteiger partial charge in [-0.05, 0) is 36.9 Å². The lowest BCUT2D eigenvalue weighted by Gasteiger charge is -2.17. The molecule has 2 rings (SSSR count). The second-order valence-electron chi connectivity index (χ2n) is 3.67. The summed E-state index contributed by atoms with van der Waals surface area (Å²) in [5.74, 6) is -0.341. The standard InChI is InChI=1S/C12H9Cl3FNS/c1-17-11(8-5-10(14)18-12(8)15)7-4-6(16)2-3-9(7)13/h2-5,11,17H,1H3. The quantitative estimate of drug-likeness (QED) is 0.822. The summed E-state index contributed by atoms with van der Waals surface area (Å²) in [4.78, 5) is 0. The fourth-order valence-electron chi connectivity index (χ4n) is 1.76. The maximum atomic E-state index is 13.3. The van der Waals surface area contributed by atoms with Crippen molar-refractivity contribution < 1.29 is 4.39 Å². The van der Waals surface area contributed by atoms with E-state index in [0.29, 0.717) is 19.3 Å². The molecule has 0 saturated carbocycles. The molecular formula is C12H9Cl3FNS. The van der Waals surface area contributed by atoms with Gasteiger partial charge in [-0.25, -0.2) is 4.39 Å². The number of hydrogen-bond acceptors (Lipinski definition) is 2. The summed E-state index contributed by atoms with van der Waals surface area (Å²) in [7, 11) is 1.76. The van der Waals surface area contributed by atoms with Crippen LogP contribution in [0, 0.1) is 5.82 Å². The molecule has 96 valence electrons. The van der Waals surface area contributed by atoms with Gasteiger partial charge in [-0.1, -0.05) is 34.8 Å². The second-order valence-corrected chi connectivity index (χ2v) is 6.36. The van der Waals surface area contributed by atoms with Crippen molar-refractivity contribution in [3.63, 3.8) is 0 Å². The van der Waals surface area contributed by atoms with Crippen LogP contribution in [0.15, 0.2) is 24.3 Å². The average Bonchev–Trinajstić information content (AvgIpc) is 2.64. The van der Waals surface area contributed by atoms with Crippen LogP contribution in [0.5, 0.6) is 0 Å². The third-order valence-electron chi connectivity index (χ3n) is 2.55. The van der Waals surface area contributed by atoms with Crippen LogP contribution < -0.4 is 5.32 Å². The highest BCUT2D eigenvalue weighted by Crippen LogP contribution is 2.39. The van der Waals surface area contributed by atoms with E-state index < -0.39 is 0 Å². The van der Waals surface area contributed by atoms with Gasteiger partial charge in [0.2, 0.25) is 0 Å². The first-order valence-electron chi connectivity index (χ1n) is 5.10. The summed E-state index contributed by atoms with van der Waals surface area (Å²) in [6, 6.07) is 5.71. The summed E-state index contributed by atoms with van der Waals surface area (Å²) >= 11 is 19.4. The number of benzene rings is 1. The van der Waals surface area contributed by atoms with Gasteiger partial charge in [0.05, 0.1) is 14.7 Å². The van der Waals surface area contributed by atoms with Gasteiger partial charge >= 0.3 is 0 Å². The minimum absolute atomic E-state index is 0.288. The predicted molar refractivity (Wildman–Crippen MR) is 76.7 cm³/mol. The molecule has 0 aliphatic carbocycles. The van der Waals surface area contributed by atoms with Gasteiger partial charge in [-0.2, -0.15) is 0 Å². The molecule has 1 N–H and O–H groups in total. The van der Waals surface area contributed by atoms with Gasteiger partial charge in [0.25, 0.3) is 0 Å². The molecule has 0 amide bonds. The zero-order valence-electron chi connectivity index (χ0n) is 9.31. The molecule has 1 aromatic carbocycles. The predicted octanol–water partition coefficient (Wildman–Crippen LogP) is 5.16. The van der Waals surface area contributed by atoms with Gasteiger partial charge in [-0.15, -0.1) is 11.3 Å². The summed E-state index contributed by atoms with van der Waals surface area (Å²) < 4.78 is 14.5. The van der Waals surface area contributed by atoms with Crippen molar-refractivity contribution in [1.82, 2.24) is 5.32 Å². The maximum absolute atomic E-state index is 13.3. The zero-order chi connectivity index (χ0) is 13.3. The zero-order valence-corrected chi connectivity index (χ0v) is 12.4. The van der Waals surface area contributed by atoms with Crippen LogP contribution in [-0.2, 0) is 0 Å². The Morgan fingerprint density at radius 1 is 1.17 bits per heavy atom. The van der Waals surface area contributed by atoms with E-state index in [9.17, 15) is 4.39 Å². The Kier molecular flexibility index (Phi) is 4.51. The molecule has 0 fully saturated rings. The largest absolute Gasteiger partial charge is 0.309 e. The number of halogens is 4. The highest BCUT2D eigenvalue weighted by Gasteiger charge is 2.20. The molecule has 1 heterocycles. The number of hydrogen-bond donors (Lipinski definition) is 1. The molecule has 1 aromatic heterocycles. The molecule has 0 saturated heterocycles. The third kappa shape index (κ3) is 2.81. The fraction of sp³-hybridized carbons (Fsp3) is 0.167. The van der Waals surface area contributed by atoms with Crippen molar-refractivity contribution in [2.45, 2.75) is 6.04 Å². The van der Waals surface area contributed by atoms with E-state index in [4.69, 9.17) is 34.8 Å². The number of thiophene rings is 1. The molecule has 0 bridgehead atoms. The minimum atomic E-state index is -0.341. The van der Waals surface area contributed by atoms with Crippen molar-refractivity contribution in [1.29, 1.82) is 0 Å². The van der Waals surface area contributed by atoms with Crippen LogP contribution in [-0.4, -0.2) is 7.05 Å². The summed E-state index contributed by atoms with van der Waals surface area (Å²) in [5, 5.41) is 3.55. The lowest BCUT2D eigenvalue weighted by atomic mass is 10.0. The first-order chi connectivity index (χ1) is 8.52. The molecule has 0 aliphatic rings. The van der Waals surface area contributed by atoms with Crippen molar-refractivity contribution in [2.75, 3.05) is 7.05 Å². The fourth-order valence-corrected chi connectivity index (χ4v) is 3.52. The van der Waals surface area contributed by atoms with Crippen molar-refractivity contribution >= 4 is 46.1 Å². The lowest BCUT2D eigenvalue weighted by Crippen LogP contribution is -2.18. The maximum Gasteiger partial charge on any atom is 0.123 e. The van der Waals surface area contributed by atoms with Crippen LogP contribution in [0.1, 0.15) is 17.2 Å². The van der Waals surface area contributed by atoms with Gasteiger partial charge in [-0.3, -0.25) is 0 Å². The van der Waals surface area contributed by atoms with Gasteiger partial charge < -0.3 is 5.32 Å². The molecule has 18 heavy (non-hydrogen) atoms.